The van der Waals surface area contributed by atoms with Crippen LogP contribution in [0.25, 0.3) is 0 Å². The van der Waals surface area contributed by atoms with Crippen molar-refractivity contribution in [3.05, 3.63) is 57.0 Å². The van der Waals surface area contributed by atoms with Crippen LogP contribution in [0.1, 0.15) is 42.5 Å². The maximum absolute atomic E-state index is 13.0. The van der Waals surface area contributed by atoms with E-state index in [0.29, 0.717) is 0 Å². The molecule has 0 bridgehead atoms. The second-order valence-corrected chi connectivity index (χ2v) is 8.80. The second kappa shape index (κ2) is 10.9. The molecule has 3 amide bonds. The lowest BCUT2D eigenvalue weighted by molar-refractivity contribution is -0.141. The van der Waals surface area contributed by atoms with E-state index in [2.05, 4.69) is 16.0 Å². The van der Waals surface area contributed by atoms with E-state index in [-0.39, 0.29) is 37.9 Å². The fraction of sp³-hybridized carbons (Fsp3) is 0.318. The summed E-state index contributed by atoms with van der Waals surface area (Å²) in [6.45, 7) is 0. The smallest absolute Gasteiger partial charge is 0.326 e. The Morgan fingerprint density at radius 2 is 1.59 bits per heavy atom. The van der Waals surface area contributed by atoms with Crippen LogP contribution in [-0.2, 0) is 4.79 Å². The van der Waals surface area contributed by atoms with E-state index >= 15 is 0 Å². The zero-order valence-corrected chi connectivity index (χ0v) is 19.2. The monoisotopic (exact) mass is 497 g/mol. The summed E-state index contributed by atoms with van der Waals surface area (Å²) in [5.74, 6) is -1.84. The summed E-state index contributed by atoms with van der Waals surface area (Å²) in [5.41, 5.74) is 0.407. The summed E-state index contributed by atoms with van der Waals surface area (Å²) < 4.78 is 0. The van der Waals surface area contributed by atoms with Crippen LogP contribution in [0, 0.1) is 5.92 Å². The highest BCUT2D eigenvalue weighted by Crippen LogP contribution is 2.31. The standard InChI is InChI=1S/C22H22Cl3N3O4/c23-13-9-10-14(20(29)27-18(21(30)31)12-5-2-1-3-6-12)17(11-13)26-22(32)28-19-15(24)7-4-8-16(19)25/h4,7-12,18H,1-3,5-6H2,(H,27,29)(H,30,31)(H2,26,28,32)/t18-/m0/s1. The Balaban J connectivity index is 1.78. The third-order valence-corrected chi connectivity index (χ3v) is 6.21. The van der Waals surface area contributed by atoms with Crippen molar-refractivity contribution < 1.29 is 19.5 Å². The van der Waals surface area contributed by atoms with Crippen LogP contribution >= 0.6 is 34.8 Å². The Kier molecular flexibility index (Phi) is 8.23. The van der Waals surface area contributed by atoms with Crippen LogP contribution in [0.3, 0.4) is 0 Å². The molecule has 1 fully saturated rings. The summed E-state index contributed by atoms with van der Waals surface area (Å²) in [7, 11) is 0. The van der Waals surface area contributed by atoms with E-state index in [1.807, 2.05) is 0 Å². The van der Waals surface area contributed by atoms with Gasteiger partial charge in [0.15, 0.2) is 0 Å². The zero-order chi connectivity index (χ0) is 23.3. The van der Waals surface area contributed by atoms with E-state index in [1.54, 1.807) is 18.2 Å². The molecule has 0 aromatic heterocycles. The number of halogens is 3. The number of benzene rings is 2. The van der Waals surface area contributed by atoms with Crippen molar-refractivity contribution >= 4 is 64.1 Å². The molecule has 1 aliphatic rings. The number of carbonyl (C=O) groups excluding carboxylic acids is 2. The van der Waals surface area contributed by atoms with Crippen molar-refractivity contribution in [3.63, 3.8) is 0 Å². The molecule has 10 heteroatoms. The first kappa shape index (κ1) is 24.2. The Morgan fingerprint density at radius 1 is 0.938 bits per heavy atom. The number of hydrogen-bond acceptors (Lipinski definition) is 3. The minimum absolute atomic E-state index is 0.0804. The van der Waals surface area contributed by atoms with E-state index in [0.717, 1.165) is 32.1 Å². The highest BCUT2D eigenvalue weighted by atomic mass is 35.5. The van der Waals surface area contributed by atoms with Gasteiger partial charge in [-0.05, 0) is 49.1 Å². The predicted molar refractivity (Wildman–Crippen MR) is 126 cm³/mol. The first-order valence-electron chi connectivity index (χ1n) is 10.1. The number of carboxylic acid groups (broad SMARTS) is 1. The SMILES string of the molecule is O=C(Nc1cc(Cl)ccc1C(=O)N[C@H](C(=O)O)C1CCCCC1)Nc1c(Cl)cccc1Cl. The summed E-state index contributed by atoms with van der Waals surface area (Å²) in [6.07, 6.45) is 4.41. The van der Waals surface area contributed by atoms with Crippen LogP contribution in [-0.4, -0.2) is 29.1 Å². The lowest BCUT2D eigenvalue weighted by atomic mass is 9.84. The van der Waals surface area contributed by atoms with Gasteiger partial charge in [-0.2, -0.15) is 0 Å². The van der Waals surface area contributed by atoms with Gasteiger partial charge in [0, 0.05) is 5.02 Å². The van der Waals surface area contributed by atoms with Crippen molar-refractivity contribution in [2.45, 2.75) is 38.1 Å². The van der Waals surface area contributed by atoms with Gasteiger partial charge in [-0.1, -0.05) is 60.1 Å². The number of nitrogens with one attached hydrogen (secondary N) is 3. The summed E-state index contributed by atoms with van der Waals surface area (Å²) in [5, 5.41) is 18.1. The number of urea groups is 1. The molecule has 32 heavy (non-hydrogen) atoms. The van der Waals surface area contributed by atoms with Gasteiger partial charge >= 0.3 is 12.0 Å². The van der Waals surface area contributed by atoms with Crippen LogP contribution in [0.5, 0.6) is 0 Å². The Labute approximate surface area is 200 Å². The molecule has 1 saturated carbocycles. The number of carbonyl (C=O) groups is 3. The van der Waals surface area contributed by atoms with Crippen molar-refractivity contribution in [2.24, 2.45) is 5.92 Å². The van der Waals surface area contributed by atoms with Crippen LogP contribution in [0.2, 0.25) is 15.1 Å². The second-order valence-electron chi connectivity index (χ2n) is 7.55. The minimum Gasteiger partial charge on any atom is -0.480 e. The predicted octanol–water partition coefficient (Wildman–Crippen LogP) is 6.05. The molecule has 3 rings (SSSR count). The maximum Gasteiger partial charge on any atom is 0.326 e. The molecule has 4 N–H and O–H groups in total. The zero-order valence-electron chi connectivity index (χ0n) is 17.0. The average molecular weight is 499 g/mol. The van der Waals surface area contributed by atoms with Crippen LogP contribution in [0.15, 0.2) is 36.4 Å². The van der Waals surface area contributed by atoms with Gasteiger partial charge in [0.25, 0.3) is 5.91 Å². The van der Waals surface area contributed by atoms with Gasteiger partial charge in [0.1, 0.15) is 6.04 Å². The topological polar surface area (TPSA) is 108 Å². The molecule has 2 aromatic rings. The molecule has 0 aliphatic heterocycles. The molecular formula is C22H22Cl3N3O4. The van der Waals surface area contributed by atoms with Gasteiger partial charge < -0.3 is 21.1 Å². The molecular weight excluding hydrogens is 477 g/mol. The lowest BCUT2D eigenvalue weighted by Gasteiger charge is -2.28. The van der Waals surface area contributed by atoms with Crippen molar-refractivity contribution in [1.82, 2.24) is 5.32 Å². The van der Waals surface area contributed by atoms with E-state index in [1.165, 1.54) is 18.2 Å². The van der Waals surface area contributed by atoms with Gasteiger partial charge in [0.2, 0.25) is 0 Å². The number of para-hydroxylation sites is 1. The number of carboxylic acids is 1. The number of hydrogen-bond donors (Lipinski definition) is 4. The Hall–Kier alpha value is -2.48. The maximum atomic E-state index is 13.0. The molecule has 2 aromatic carbocycles. The van der Waals surface area contributed by atoms with Crippen LogP contribution in [0.4, 0.5) is 16.2 Å². The van der Waals surface area contributed by atoms with E-state index < -0.39 is 23.9 Å². The molecule has 0 heterocycles. The molecule has 0 saturated heterocycles. The molecule has 1 aliphatic carbocycles. The number of anilines is 2. The van der Waals surface area contributed by atoms with Crippen molar-refractivity contribution in [1.29, 1.82) is 0 Å². The number of aliphatic carboxylic acids is 1. The van der Waals surface area contributed by atoms with Gasteiger partial charge in [-0.3, -0.25) is 4.79 Å². The number of amides is 3. The van der Waals surface area contributed by atoms with E-state index in [4.69, 9.17) is 34.8 Å². The molecule has 1 atom stereocenters. The minimum atomic E-state index is -1.08. The lowest BCUT2D eigenvalue weighted by Crippen LogP contribution is -2.46. The van der Waals surface area contributed by atoms with Gasteiger partial charge in [0.05, 0.1) is 27.0 Å². The van der Waals surface area contributed by atoms with Crippen molar-refractivity contribution in [3.8, 4) is 0 Å². The largest absolute Gasteiger partial charge is 0.480 e. The van der Waals surface area contributed by atoms with Crippen molar-refractivity contribution in [2.75, 3.05) is 10.6 Å². The number of rotatable bonds is 6. The highest BCUT2D eigenvalue weighted by Gasteiger charge is 2.31. The average Bonchev–Trinajstić information content (AvgIpc) is 2.75. The summed E-state index contributed by atoms with van der Waals surface area (Å²) >= 11 is 18.2. The van der Waals surface area contributed by atoms with E-state index in [9.17, 15) is 19.5 Å². The normalized spacial score (nSPS) is 15.0. The van der Waals surface area contributed by atoms with Gasteiger partial charge in [-0.15, -0.1) is 0 Å². The summed E-state index contributed by atoms with van der Waals surface area (Å²) in [4.78, 5) is 37.3. The molecule has 7 nitrogen and oxygen atoms in total. The fourth-order valence-electron chi connectivity index (χ4n) is 3.77. The highest BCUT2D eigenvalue weighted by molar-refractivity contribution is 6.40. The van der Waals surface area contributed by atoms with Crippen LogP contribution < -0.4 is 16.0 Å². The molecule has 0 radical (unpaired) electrons. The first-order valence-corrected chi connectivity index (χ1v) is 11.2. The third-order valence-electron chi connectivity index (χ3n) is 5.35. The Morgan fingerprint density at radius 3 is 2.22 bits per heavy atom. The first-order chi connectivity index (χ1) is 15.3. The summed E-state index contributed by atoms with van der Waals surface area (Å²) in [6, 6.07) is 7.38. The molecule has 0 spiro atoms. The molecule has 170 valence electrons. The fourth-order valence-corrected chi connectivity index (χ4v) is 4.43. The third kappa shape index (κ3) is 6.06. The quantitative estimate of drug-likeness (QED) is 0.388. The Bertz CT molecular complexity index is 1010. The van der Waals surface area contributed by atoms with Gasteiger partial charge in [-0.25, -0.2) is 9.59 Å². The molecule has 0 unspecified atom stereocenters.